The predicted molar refractivity (Wildman–Crippen MR) is 110 cm³/mol. The summed E-state index contributed by atoms with van der Waals surface area (Å²) in [6.07, 6.45) is 2.53. The number of carbonyl (C=O) groups is 1. The normalized spacial score (nSPS) is 10.7. The Hall–Kier alpha value is -3.18. The molecule has 0 bridgehead atoms. The van der Waals surface area contributed by atoms with Crippen LogP contribution in [-0.2, 0) is 21.1 Å². The first kappa shape index (κ1) is 23.9. The Morgan fingerprint density at radius 3 is 2.24 bits per heavy atom. The first-order valence-electron chi connectivity index (χ1n) is 8.62. The maximum atomic E-state index is 12.8. The third-order valence-corrected chi connectivity index (χ3v) is 6.01. The predicted octanol–water partition coefficient (Wildman–Crippen LogP) is 3.52. The maximum Gasteiger partial charge on any atom is 0.269 e. The van der Waals surface area contributed by atoms with Gasteiger partial charge in [-0.1, -0.05) is 50.1 Å². The van der Waals surface area contributed by atoms with Crippen LogP contribution in [0.25, 0.3) is 0 Å². The molecule has 2 aromatic carbocycles. The number of aliphatic hydroxyl groups excluding tert-OH is 1. The van der Waals surface area contributed by atoms with E-state index in [-0.39, 0.29) is 22.8 Å². The van der Waals surface area contributed by atoms with Crippen molar-refractivity contribution in [3.63, 3.8) is 0 Å². The molecule has 2 rings (SSSR count). The number of carbonyl (C=O) groups excluding carboxylic acids is 1. The lowest BCUT2D eigenvalue weighted by Gasteiger charge is -2.18. The number of nitro benzene ring substituents is 1. The molecule has 0 atom stereocenters. The second-order valence-electron chi connectivity index (χ2n) is 6.94. The van der Waals surface area contributed by atoms with Gasteiger partial charge in [0.15, 0.2) is 9.84 Å². The smallest absolute Gasteiger partial charge is 0.269 e. The summed E-state index contributed by atoms with van der Waals surface area (Å²) in [6.45, 7) is 4.65. The average Bonchev–Trinajstić information content (AvgIpc) is 2.68. The van der Waals surface area contributed by atoms with E-state index in [0.29, 0.717) is 11.8 Å². The molecular formula is C21H23NO6S. The Labute approximate surface area is 170 Å². The lowest BCUT2D eigenvalue weighted by Crippen LogP contribution is -2.26. The number of benzene rings is 2. The van der Waals surface area contributed by atoms with E-state index in [2.05, 4.69) is 5.92 Å². The highest BCUT2D eigenvalue weighted by atomic mass is 32.2. The van der Waals surface area contributed by atoms with E-state index >= 15 is 0 Å². The molecule has 0 saturated heterocycles. The van der Waals surface area contributed by atoms with Crippen molar-refractivity contribution in [3.8, 4) is 12.0 Å². The Morgan fingerprint density at radius 1 is 1.17 bits per heavy atom. The van der Waals surface area contributed by atoms with Gasteiger partial charge in [0.1, 0.15) is 12.4 Å². The standard InChI is InChI=1S/C18H19NO5S.C3H4O/c1-18(2,12-20)13-25(23,24)17-9-8-16(19(21)22)11-15(17)10-14-6-4-3-5-7-14;1-2-3-4/h3-9,11-12H,10,13H2,1-2H3;4H,1H3. The second kappa shape index (κ2) is 10.4. The molecule has 0 aromatic heterocycles. The maximum absolute atomic E-state index is 12.8. The molecule has 0 saturated carbocycles. The van der Waals surface area contributed by atoms with Crippen molar-refractivity contribution in [2.45, 2.75) is 32.1 Å². The van der Waals surface area contributed by atoms with Crippen LogP contribution in [0.4, 0.5) is 5.69 Å². The molecule has 29 heavy (non-hydrogen) atoms. The lowest BCUT2D eigenvalue weighted by molar-refractivity contribution is -0.385. The minimum Gasteiger partial charge on any atom is -0.462 e. The van der Waals surface area contributed by atoms with Crippen LogP contribution in [0.3, 0.4) is 0 Å². The van der Waals surface area contributed by atoms with Gasteiger partial charge in [-0.2, -0.15) is 0 Å². The van der Waals surface area contributed by atoms with Crippen molar-refractivity contribution in [1.82, 2.24) is 0 Å². The van der Waals surface area contributed by atoms with Gasteiger partial charge >= 0.3 is 0 Å². The van der Waals surface area contributed by atoms with Crippen LogP contribution in [0.5, 0.6) is 0 Å². The third kappa shape index (κ3) is 7.39. The van der Waals surface area contributed by atoms with E-state index in [4.69, 9.17) is 5.11 Å². The number of nitrogens with zero attached hydrogens (tertiary/aromatic N) is 1. The Balaban J connectivity index is 0.000000960. The first-order chi connectivity index (χ1) is 13.6. The molecule has 2 aromatic rings. The first-order valence-corrected chi connectivity index (χ1v) is 10.3. The van der Waals surface area contributed by atoms with Crippen LogP contribution in [0.2, 0.25) is 0 Å². The van der Waals surface area contributed by atoms with Crippen molar-refractivity contribution in [3.05, 3.63) is 69.8 Å². The lowest BCUT2D eigenvalue weighted by atomic mass is 10.00. The summed E-state index contributed by atoms with van der Waals surface area (Å²) in [6, 6.07) is 12.8. The molecule has 0 aliphatic heterocycles. The average molecular weight is 417 g/mol. The zero-order valence-corrected chi connectivity index (χ0v) is 17.3. The Kier molecular flexibility index (Phi) is 8.55. The highest BCUT2D eigenvalue weighted by Crippen LogP contribution is 2.28. The largest absolute Gasteiger partial charge is 0.462 e. The summed E-state index contributed by atoms with van der Waals surface area (Å²) in [4.78, 5) is 21.6. The molecule has 0 aliphatic carbocycles. The number of nitro groups is 1. The zero-order valence-electron chi connectivity index (χ0n) is 16.5. The molecular weight excluding hydrogens is 394 g/mol. The van der Waals surface area contributed by atoms with Crippen molar-refractivity contribution in [1.29, 1.82) is 0 Å². The van der Waals surface area contributed by atoms with E-state index in [1.54, 1.807) is 26.9 Å². The van der Waals surface area contributed by atoms with E-state index < -0.39 is 20.2 Å². The van der Waals surface area contributed by atoms with Crippen LogP contribution >= 0.6 is 0 Å². The summed E-state index contributed by atoms with van der Waals surface area (Å²) in [5, 5.41) is 18.6. The van der Waals surface area contributed by atoms with E-state index in [1.165, 1.54) is 18.2 Å². The van der Waals surface area contributed by atoms with Crippen molar-refractivity contribution >= 4 is 21.8 Å². The molecule has 0 unspecified atom stereocenters. The van der Waals surface area contributed by atoms with E-state index in [9.17, 15) is 23.3 Å². The van der Waals surface area contributed by atoms with Crippen molar-refractivity contribution < 1.29 is 23.2 Å². The molecule has 154 valence electrons. The summed E-state index contributed by atoms with van der Waals surface area (Å²) >= 11 is 0. The van der Waals surface area contributed by atoms with Gasteiger partial charge in [0.25, 0.3) is 5.69 Å². The third-order valence-electron chi connectivity index (χ3n) is 3.82. The molecule has 0 heterocycles. The molecule has 0 spiro atoms. The van der Waals surface area contributed by atoms with Crippen LogP contribution < -0.4 is 0 Å². The Bertz CT molecular complexity index is 1010. The van der Waals surface area contributed by atoms with E-state index in [0.717, 1.165) is 5.56 Å². The van der Waals surface area contributed by atoms with Gasteiger partial charge in [-0.25, -0.2) is 8.42 Å². The molecule has 1 N–H and O–H groups in total. The van der Waals surface area contributed by atoms with Crippen LogP contribution in [0.1, 0.15) is 31.9 Å². The number of aldehydes is 1. The number of non-ortho nitro benzene ring substituents is 1. The van der Waals surface area contributed by atoms with Gasteiger partial charge in [0.2, 0.25) is 0 Å². The molecule has 8 heteroatoms. The zero-order chi connectivity index (χ0) is 22.1. The number of hydrogen-bond donors (Lipinski definition) is 1. The number of aliphatic hydroxyl groups is 1. The number of sulfone groups is 1. The van der Waals surface area contributed by atoms with Gasteiger partial charge in [0, 0.05) is 24.5 Å². The fourth-order valence-electron chi connectivity index (χ4n) is 2.54. The molecule has 7 nitrogen and oxygen atoms in total. The van der Waals surface area contributed by atoms with Gasteiger partial charge in [-0.15, -0.1) is 0 Å². The van der Waals surface area contributed by atoms with Crippen molar-refractivity contribution in [2.75, 3.05) is 5.75 Å². The summed E-state index contributed by atoms with van der Waals surface area (Å²) in [5.74, 6) is 1.88. The van der Waals surface area contributed by atoms with Gasteiger partial charge in [-0.3, -0.25) is 10.1 Å². The van der Waals surface area contributed by atoms with Crippen molar-refractivity contribution in [2.24, 2.45) is 5.41 Å². The molecule has 0 fully saturated rings. The summed E-state index contributed by atoms with van der Waals surface area (Å²) in [5.41, 5.74) is -0.0133. The second-order valence-corrected chi connectivity index (χ2v) is 8.90. The molecule has 0 aliphatic rings. The van der Waals surface area contributed by atoms with E-state index in [1.807, 2.05) is 30.3 Å². The topological polar surface area (TPSA) is 115 Å². The number of hydrogen-bond acceptors (Lipinski definition) is 6. The van der Waals surface area contributed by atoms with Gasteiger partial charge < -0.3 is 9.90 Å². The minimum atomic E-state index is -3.78. The highest BCUT2D eigenvalue weighted by molar-refractivity contribution is 7.91. The fraction of sp³-hybridized carbons (Fsp3) is 0.286. The van der Waals surface area contributed by atoms with Crippen LogP contribution in [-0.4, -0.2) is 30.5 Å². The van der Waals surface area contributed by atoms with Gasteiger partial charge in [0.05, 0.1) is 15.6 Å². The number of rotatable bonds is 7. The summed E-state index contributed by atoms with van der Waals surface area (Å²) < 4.78 is 25.5. The fourth-order valence-corrected chi connectivity index (χ4v) is 4.55. The SMILES string of the molecule is CC#CO.CC(C)(C=O)CS(=O)(=O)c1ccc([N+](=O)[O-])cc1Cc1ccccc1. The molecule has 0 radical (unpaired) electrons. The monoisotopic (exact) mass is 417 g/mol. The van der Waals surface area contributed by atoms with Gasteiger partial charge in [-0.05, 0) is 23.6 Å². The summed E-state index contributed by atoms with van der Waals surface area (Å²) in [7, 11) is -3.78. The molecule has 0 amide bonds. The quantitative estimate of drug-likeness (QED) is 0.319. The van der Waals surface area contributed by atoms with Crippen LogP contribution in [0.15, 0.2) is 53.4 Å². The van der Waals surface area contributed by atoms with Crippen LogP contribution in [0, 0.1) is 27.6 Å². The minimum absolute atomic E-state index is 0.0249. The highest BCUT2D eigenvalue weighted by Gasteiger charge is 2.29. The Morgan fingerprint density at radius 2 is 1.76 bits per heavy atom.